The Hall–Kier alpha value is -4.65. The third kappa shape index (κ3) is 6.75. The van der Waals surface area contributed by atoms with Gasteiger partial charge in [0.15, 0.2) is 0 Å². The van der Waals surface area contributed by atoms with Crippen LogP contribution < -0.4 is 16.0 Å². The lowest BCUT2D eigenvalue weighted by atomic mass is 9.77. The van der Waals surface area contributed by atoms with Crippen molar-refractivity contribution >= 4 is 40.5 Å². The average Bonchev–Trinajstić information content (AvgIpc) is 3.78. The van der Waals surface area contributed by atoms with Gasteiger partial charge in [0.25, 0.3) is 0 Å². The summed E-state index contributed by atoms with van der Waals surface area (Å²) < 4.78 is 0. The number of anilines is 1. The lowest BCUT2D eigenvalue weighted by molar-refractivity contribution is -0.136. The second kappa shape index (κ2) is 13.9. The third-order valence-corrected chi connectivity index (χ3v) is 11.6. The molecule has 0 unspecified atom stereocenters. The number of nitrogens with one attached hydrogen (secondary N) is 4. The quantitative estimate of drug-likeness (QED) is 0.300. The highest BCUT2D eigenvalue weighted by Crippen LogP contribution is 2.41. The molecule has 5 heterocycles. The highest BCUT2D eigenvalue weighted by Gasteiger charge is 2.44. The Kier molecular flexibility index (Phi) is 9.42. The highest BCUT2D eigenvalue weighted by molar-refractivity contribution is 5.92. The lowest BCUT2D eigenvalue weighted by Gasteiger charge is -2.41. The number of nitrogens with zero attached hydrogens (tertiary/aromatic N) is 5. The number of fused-ring (bicyclic) bond motifs is 2. The van der Waals surface area contributed by atoms with Crippen molar-refractivity contribution in [3.63, 3.8) is 0 Å². The molecule has 50 heavy (non-hydrogen) atoms. The summed E-state index contributed by atoms with van der Waals surface area (Å²) in [4.78, 5) is 61.4. The third-order valence-electron chi connectivity index (χ3n) is 11.6. The van der Waals surface area contributed by atoms with Gasteiger partial charge < -0.3 is 35.6 Å². The van der Waals surface area contributed by atoms with Gasteiger partial charge in [-0.15, -0.1) is 0 Å². The van der Waals surface area contributed by atoms with Crippen LogP contribution in [0.4, 0.5) is 15.3 Å². The minimum Gasteiger partial charge on any atom is -0.341 e. The monoisotopic (exact) mass is 683 g/mol. The summed E-state index contributed by atoms with van der Waals surface area (Å²) in [5.41, 5.74) is 4.89. The van der Waals surface area contributed by atoms with Crippen molar-refractivity contribution in [2.45, 2.75) is 77.0 Å². The molecule has 7 rings (SSSR count). The van der Waals surface area contributed by atoms with Crippen LogP contribution in [0.15, 0.2) is 42.6 Å². The van der Waals surface area contributed by atoms with E-state index in [1.54, 1.807) is 18.1 Å². The van der Waals surface area contributed by atoms with E-state index >= 15 is 0 Å². The zero-order chi connectivity index (χ0) is 35.0. The molecule has 4 aliphatic heterocycles. The molecule has 13 heteroatoms. The van der Waals surface area contributed by atoms with Crippen molar-refractivity contribution < 1.29 is 19.2 Å². The number of urea groups is 2. The van der Waals surface area contributed by atoms with E-state index in [-0.39, 0.29) is 41.4 Å². The van der Waals surface area contributed by atoms with Gasteiger partial charge in [0, 0.05) is 69.3 Å². The molecular weight excluding hydrogens is 634 g/mol. The number of aromatic amines is 1. The Morgan fingerprint density at radius 3 is 2.44 bits per heavy atom. The van der Waals surface area contributed by atoms with Crippen LogP contribution in [-0.4, -0.2) is 118 Å². The van der Waals surface area contributed by atoms with E-state index in [4.69, 9.17) is 0 Å². The van der Waals surface area contributed by atoms with Crippen molar-refractivity contribution in [1.82, 2.24) is 40.4 Å². The maximum Gasteiger partial charge on any atom is 0.322 e. The minimum absolute atomic E-state index is 0.0146. The second-order valence-corrected chi connectivity index (χ2v) is 14.7. The number of aromatic nitrogens is 2. The van der Waals surface area contributed by atoms with Crippen LogP contribution in [0.5, 0.6) is 0 Å². The topological polar surface area (TPSA) is 146 Å². The molecule has 4 aliphatic rings. The number of likely N-dealkylation sites (tertiary alicyclic amines) is 3. The van der Waals surface area contributed by atoms with E-state index in [0.717, 1.165) is 52.5 Å². The molecule has 3 aromatic rings. The SMILES string of the molecule is CN[C@H](C)C(=O)N1CCC2(CC1)CCN(C(=O)[C@@H](Cc1cc(C)c3[nH]ncc3c1)NC(=O)N1CCC(N3Cc4ccccc4NC3=O)CC1)C2. The molecule has 1 spiro atoms. The largest absolute Gasteiger partial charge is 0.341 e. The maximum atomic E-state index is 14.3. The number of carbonyl (C=O) groups is 4. The van der Waals surface area contributed by atoms with Crippen molar-refractivity contribution in [2.75, 3.05) is 51.6 Å². The standard InChI is InChI=1S/C37H49N9O4/c1-24-18-26(19-28-21-39-42-32(24)28)20-31(34(48)45-17-12-37(23-45)10-15-43(16-11-37)33(47)25(2)38-3)41-35(49)44-13-8-29(9-14-44)46-22-27-6-4-5-7-30(27)40-36(46)50/h4-7,18-19,21,25,29,31,38H,8-17,20,22-23H2,1-3H3,(H,39,42)(H,40,50)(H,41,49)/t25-,31-/m1/s1. The fourth-order valence-electron chi connectivity index (χ4n) is 8.35. The molecule has 3 saturated heterocycles. The zero-order valence-electron chi connectivity index (χ0n) is 29.3. The Bertz CT molecular complexity index is 1760. The fourth-order valence-corrected chi connectivity index (χ4v) is 8.35. The van der Waals surface area contributed by atoms with E-state index in [0.29, 0.717) is 65.1 Å². The second-order valence-electron chi connectivity index (χ2n) is 14.7. The summed E-state index contributed by atoms with van der Waals surface area (Å²) in [7, 11) is 1.80. The summed E-state index contributed by atoms with van der Waals surface area (Å²) in [5.74, 6) is 0.0514. The van der Waals surface area contributed by atoms with E-state index in [9.17, 15) is 19.2 Å². The molecule has 4 N–H and O–H groups in total. The number of amides is 6. The van der Waals surface area contributed by atoms with E-state index in [1.807, 2.05) is 58.9 Å². The molecule has 3 fully saturated rings. The van der Waals surface area contributed by atoms with Gasteiger partial charge in [0.1, 0.15) is 6.04 Å². The summed E-state index contributed by atoms with van der Waals surface area (Å²) in [5, 5.41) is 17.4. The Balaban J connectivity index is 1.02. The molecule has 6 amide bonds. The highest BCUT2D eigenvalue weighted by atomic mass is 16.2. The molecule has 0 radical (unpaired) electrons. The average molecular weight is 684 g/mol. The van der Waals surface area contributed by atoms with Gasteiger partial charge in [-0.3, -0.25) is 14.7 Å². The van der Waals surface area contributed by atoms with Gasteiger partial charge in [-0.25, -0.2) is 9.59 Å². The number of hydrogen-bond acceptors (Lipinski definition) is 6. The number of H-pyrrole nitrogens is 1. The van der Waals surface area contributed by atoms with Crippen molar-refractivity contribution in [3.05, 3.63) is 59.3 Å². The minimum atomic E-state index is -0.735. The molecule has 266 valence electrons. The predicted molar refractivity (Wildman–Crippen MR) is 190 cm³/mol. The molecule has 0 aliphatic carbocycles. The van der Waals surface area contributed by atoms with Crippen LogP contribution in [0, 0.1) is 12.3 Å². The molecule has 13 nitrogen and oxygen atoms in total. The Labute approximate surface area is 293 Å². The number of carbonyl (C=O) groups excluding carboxylic acids is 4. The van der Waals surface area contributed by atoms with Gasteiger partial charge in [-0.05, 0) is 87.2 Å². The van der Waals surface area contributed by atoms with Gasteiger partial charge in [-0.1, -0.05) is 24.3 Å². The first-order valence-corrected chi connectivity index (χ1v) is 18.0. The summed E-state index contributed by atoms with van der Waals surface area (Å²) in [6.07, 6.45) is 6.10. The first-order chi connectivity index (χ1) is 24.1. The summed E-state index contributed by atoms with van der Waals surface area (Å²) in [6, 6.07) is 10.7. The van der Waals surface area contributed by atoms with Gasteiger partial charge in [0.05, 0.1) is 17.8 Å². The molecule has 0 saturated carbocycles. The van der Waals surface area contributed by atoms with Crippen LogP contribution >= 0.6 is 0 Å². The number of hydrogen-bond donors (Lipinski definition) is 4. The molecule has 2 aromatic carbocycles. The summed E-state index contributed by atoms with van der Waals surface area (Å²) >= 11 is 0. The van der Waals surface area contributed by atoms with Crippen LogP contribution in [0.1, 0.15) is 55.7 Å². The summed E-state index contributed by atoms with van der Waals surface area (Å²) in [6.45, 7) is 8.11. The number of rotatable bonds is 7. The predicted octanol–water partition coefficient (Wildman–Crippen LogP) is 3.45. The number of benzene rings is 2. The number of likely N-dealkylation sites (N-methyl/N-ethyl adjacent to an activating group) is 1. The zero-order valence-corrected chi connectivity index (χ0v) is 29.3. The van der Waals surface area contributed by atoms with Gasteiger partial charge in [-0.2, -0.15) is 5.10 Å². The molecule has 1 aromatic heterocycles. The van der Waals surface area contributed by atoms with Gasteiger partial charge in [0.2, 0.25) is 11.8 Å². The first-order valence-electron chi connectivity index (χ1n) is 18.0. The van der Waals surface area contributed by atoms with Crippen molar-refractivity contribution in [1.29, 1.82) is 0 Å². The maximum absolute atomic E-state index is 14.3. The van der Waals surface area contributed by atoms with Gasteiger partial charge >= 0.3 is 12.1 Å². The smallest absolute Gasteiger partial charge is 0.322 e. The van der Waals surface area contributed by atoms with Crippen LogP contribution in [-0.2, 0) is 22.6 Å². The molecule has 0 bridgehead atoms. The number of piperidine rings is 2. The van der Waals surface area contributed by atoms with Crippen molar-refractivity contribution in [2.24, 2.45) is 5.41 Å². The fraction of sp³-hybridized carbons (Fsp3) is 0.541. The number of aryl methyl sites for hydroxylation is 1. The molecular formula is C37H49N9O4. The van der Waals surface area contributed by atoms with Crippen LogP contribution in [0.3, 0.4) is 0 Å². The first kappa shape index (κ1) is 33.8. The lowest BCUT2D eigenvalue weighted by Crippen LogP contribution is -2.56. The Morgan fingerprint density at radius 1 is 0.980 bits per heavy atom. The van der Waals surface area contributed by atoms with E-state index < -0.39 is 6.04 Å². The molecule has 2 atom stereocenters. The van der Waals surface area contributed by atoms with E-state index in [2.05, 4.69) is 32.2 Å². The Morgan fingerprint density at radius 2 is 1.70 bits per heavy atom. The number of para-hydroxylation sites is 1. The normalized spacial score (nSPS) is 20.5. The van der Waals surface area contributed by atoms with Crippen LogP contribution in [0.2, 0.25) is 0 Å². The van der Waals surface area contributed by atoms with E-state index in [1.165, 1.54) is 0 Å². The van der Waals surface area contributed by atoms with Crippen LogP contribution in [0.25, 0.3) is 10.9 Å². The van der Waals surface area contributed by atoms with Crippen molar-refractivity contribution in [3.8, 4) is 0 Å².